The van der Waals surface area contributed by atoms with Crippen molar-refractivity contribution in [3.05, 3.63) is 52.2 Å². The highest BCUT2D eigenvalue weighted by molar-refractivity contribution is 7.98. The Morgan fingerprint density at radius 3 is 2.65 bits per heavy atom. The predicted octanol–water partition coefficient (Wildman–Crippen LogP) is 5.10. The molecule has 142 valence electrons. The van der Waals surface area contributed by atoms with Crippen molar-refractivity contribution >= 4 is 41.4 Å². The van der Waals surface area contributed by atoms with Crippen molar-refractivity contribution < 1.29 is 4.79 Å². The lowest BCUT2D eigenvalue weighted by molar-refractivity contribution is 0.0912. The average Bonchev–Trinajstić information content (AvgIpc) is 3.19. The summed E-state index contributed by atoms with van der Waals surface area (Å²) in [6.07, 6.45) is 6.17. The zero-order chi connectivity index (χ0) is 17.5. The quantitative estimate of drug-likeness (QED) is 0.624. The fourth-order valence-corrected chi connectivity index (χ4v) is 5.30. The molecule has 1 amide bonds. The number of thiophene rings is 1. The Kier molecular flexibility index (Phi) is 8.99. The van der Waals surface area contributed by atoms with Gasteiger partial charge in [-0.1, -0.05) is 37.5 Å². The highest BCUT2D eigenvalue weighted by Gasteiger charge is 2.25. The number of nitrogens with one attached hydrogen (secondary N) is 1. The molecule has 1 aliphatic rings. The van der Waals surface area contributed by atoms with Gasteiger partial charge in [0.2, 0.25) is 0 Å². The van der Waals surface area contributed by atoms with Gasteiger partial charge in [-0.3, -0.25) is 4.79 Å². The van der Waals surface area contributed by atoms with Gasteiger partial charge < -0.3 is 11.1 Å². The lowest BCUT2D eigenvalue weighted by atomic mass is 9.84. The molecular weight excluding hydrogens is 384 g/mol. The predicted molar refractivity (Wildman–Crippen MR) is 114 cm³/mol. The molecule has 3 nitrogen and oxygen atoms in total. The number of carbonyl (C=O) groups excluding carboxylic acids is 1. The van der Waals surface area contributed by atoms with E-state index in [-0.39, 0.29) is 24.4 Å². The van der Waals surface area contributed by atoms with Crippen LogP contribution in [0.5, 0.6) is 0 Å². The third-order valence-corrected chi connectivity index (χ3v) is 7.05. The van der Waals surface area contributed by atoms with Crippen molar-refractivity contribution in [3.8, 4) is 0 Å². The highest BCUT2D eigenvalue weighted by Crippen LogP contribution is 2.29. The number of thioether (sulfide) groups is 1. The number of hydrogen-bond acceptors (Lipinski definition) is 4. The Morgan fingerprint density at radius 1 is 1.19 bits per heavy atom. The van der Waals surface area contributed by atoms with Gasteiger partial charge in [0.1, 0.15) is 0 Å². The highest BCUT2D eigenvalue weighted by atomic mass is 35.5. The van der Waals surface area contributed by atoms with E-state index in [2.05, 4.69) is 22.8 Å². The molecule has 2 aromatic rings. The summed E-state index contributed by atoms with van der Waals surface area (Å²) in [5.41, 5.74) is 6.73. The molecule has 3 rings (SSSR count). The Hall–Kier alpha value is -1.01. The summed E-state index contributed by atoms with van der Waals surface area (Å²) in [6.45, 7) is 0.515. The molecule has 1 atom stereocenters. The molecule has 1 aromatic carbocycles. The molecule has 0 radical (unpaired) electrons. The molecule has 1 unspecified atom stereocenters. The SMILES string of the molecule is Cl.NCC(NC(=O)c1ccccc1SCc1cccs1)C1CCCCC1. The Bertz CT molecular complexity index is 672. The lowest BCUT2D eigenvalue weighted by Gasteiger charge is -2.30. The van der Waals surface area contributed by atoms with E-state index in [1.54, 1.807) is 23.1 Å². The van der Waals surface area contributed by atoms with Gasteiger partial charge in [0.25, 0.3) is 5.91 Å². The smallest absolute Gasteiger partial charge is 0.252 e. The van der Waals surface area contributed by atoms with Crippen molar-refractivity contribution in [2.75, 3.05) is 6.54 Å². The molecule has 0 aliphatic heterocycles. The first-order chi connectivity index (χ1) is 12.3. The Morgan fingerprint density at radius 2 is 1.96 bits per heavy atom. The first kappa shape index (κ1) is 21.3. The molecule has 1 heterocycles. The van der Waals surface area contributed by atoms with E-state index >= 15 is 0 Å². The first-order valence-corrected chi connectivity index (χ1v) is 10.9. The van der Waals surface area contributed by atoms with Crippen molar-refractivity contribution in [2.24, 2.45) is 11.7 Å². The first-order valence-electron chi connectivity index (χ1n) is 9.03. The maximum absolute atomic E-state index is 12.9. The van der Waals surface area contributed by atoms with E-state index in [0.29, 0.717) is 12.5 Å². The van der Waals surface area contributed by atoms with Crippen LogP contribution >= 0.6 is 35.5 Å². The molecule has 1 saturated carbocycles. The number of halogens is 1. The van der Waals surface area contributed by atoms with Crippen molar-refractivity contribution in [1.29, 1.82) is 0 Å². The van der Waals surface area contributed by atoms with E-state index in [1.165, 1.54) is 37.0 Å². The summed E-state index contributed by atoms with van der Waals surface area (Å²) in [7, 11) is 0. The van der Waals surface area contributed by atoms with Gasteiger partial charge in [0.05, 0.1) is 5.56 Å². The van der Waals surface area contributed by atoms with Gasteiger partial charge in [-0.05, 0) is 42.3 Å². The zero-order valence-corrected chi connectivity index (χ0v) is 17.3. The fraction of sp³-hybridized carbons (Fsp3) is 0.450. The summed E-state index contributed by atoms with van der Waals surface area (Å²) in [5, 5.41) is 5.30. The molecular formula is C20H27ClN2OS2. The number of hydrogen-bond donors (Lipinski definition) is 2. The van der Waals surface area contributed by atoms with E-state index in [1.807, 2.05) is 24.3 Å². The van der Waals surface area contributed by atoms with Gasteiger partial charge >= 0.3 is 0 Å². The number of carbonyl (C=O) groups is 1. The Labute approximate surface area is 170 Å². The molecule has 1 aliphatic carbocycles. The van der Waals surface area contributed by atoms with E-state index < -0.39 is 0 Å². The monoisotopic (exact) mass is 410 g/mol. The van der Waals surface area contributed by atoms with Crippen LogP contribution in [0.3, 0.4) is 0 Å². The topological polar surface area (TPSA) is 55.1 Å². The third kappa shape index (κ3) is 5.74. The standard InChI is InChI=1S/C20H26N2OS2.ClH/c21-13-18(15-7-2-1-3-8-15)22-20(23)17-10-4-5-11-19(17)25-14-16-9-6-12-24-16;/h4-6,9-12,15,18H,1-3,7-8,13-14,21H2,(H,22,23);1H. The zero-order valence-electron chi connectivity index (χ0n) is 14.9. The van der Waals surface area contributed by atoms with Crippen LogP contribution in [0.4, 0.5) is 0 Å². The molecule has 0 saturated heterocycles. The number of rotatable bonds is 7. The minimum Gasteiger partial charge on any atom is -0.348 e. The number of benzene rings is 1. The van der Waals surface area contributed by atoms with Crippen LogP contribution in [-0.2, 0) is 5.75 Å². The molecule has 26 heavy (non-hydrogen) atoms. The lowest BCUT2D eigenvalue weighted by Crippen LogP contribution is -2.46. The van der Waals surface area contributed by atoms with Crippen LogP contribution in [0.1, 0.15) is 47.3 Å². The molecule has 6 heteroatoms. The van der Waals surface area contributed by atoms with Crippen molar-refractivity contribution in [1.82, 2.24) is 5.32 Å². The van der Waals surface area contributed by atoms with Crippen LogP contribution in [0.25, 0.3) is 0 Å². The van der Waals surface area contributed by atoms with Crippen molar-refractivity contribution in [2.45, 2.75) is 48.8 Å². The van der Waals surface area contributed by atoms with Crippen LogP contribution < -0.4 is 11.1 Å². The molecule has 1 fully saturated rings. The van der Waals surface area contributed by atoms with E-state index in [4.69, 9.17) is 5.73 Å². The minimum absolute atomic E-state index is 0. The van der Waals surface area contributed by atoms with Gasteiger partial charge in [0, 0.05) is 28.1 Å². The Balaban J connectivity index is 0.00000243. The molecule has 1 aromatic heterocycles. The van der Waals surface area contributed by atoms with Gasteiger partial charge in [0.15, 0.2) is 0 Å². The minimum atomic E-state index is 0. The van der Waals surface area contributed by atoms with Crippen LogP contribution in [-0.4, -0.2) is 18.5 Å². The second-order valence-corrected chi connectivity index (χ2v) is 8.63. The fourth-order valence-electron chi connectivity index (χ4n) is 3.48. The summed E-state index contributed by atoms with van der Waals surface area (Å²) < 4.78 is 0. The second-order valence-electron chi connectivity index (χ2n) is 6.58. The van der Waals surface area contributed by atoms with Gasteiger partial charge in [-0.25, -0.2) is 0 Å². The summed E-state index contributed by atoms with van der Waals surface area (Å²) in [6, 6.07) is 12.2. The third-order valence-electron chi connectivity index (χ3n) is 4.87. The molecule has 0 spiro atoms. The number of amides is 1. The number of nitrogens with two attached hydrogens (primary N) is 1. The molecule has 0 bridgehead atoms. The van der Waals surface area contributed by atoms with Crippen LogP contribution in [0.15, 0.2) is 46.7 Å². The largest absolute Gasteiger partial charge is 0.348 e. The maximum Gasteiger partial charge on any atom is 0.252 e. The van der Waals surface area contributed by atoms with E-state index in [9.17, 15) is 4.79 Å². The normalized spacial score (nSPS) is 15.9. The summed E-state index contributed by atoms with van der Waals surface area (Å²) in [4.78, 5) is 15.2. The van der Waals surface area contributed by atoms with Crippen LogP contribution in [0.2, 0.25) is 0 Å². The van der Waals surface area contributed by atoms with Gasteiger partial charge in [-0.2, -0.15) is 0 Å². The van der Waals surface area contributed by atoms with Crippen molar-refractivity contribution in [3.63, 3.8) is 0 Å². The maximum atomic E-state index is 12.9. The molecule has 3 N–H and O–H groups in total. The average molecular weight is 411 g/mol. The van der Waals surface area contributed by atoms with Gasteiger partial charge in [-0.15, -0.1) is 35.5 Å². The summed E-state index contributed by atoms with van der Waals surface area (Å²) in [5.74, 6) is 1.43. The second kappa shape index (κ2) is 11.0. The van der Waals surface area contributed by atoms with Crippen LogP contribution in [0, 0.1) is 5.92 Å². The van der Waals surface area contributed by atoms with E-state index in [0.717, 1.165) is 16.2 Å². The summed E-state index contributed by atoms with van der Waals surface area (Å²) >= 11 is 3.47.